The molecule has 2 heterocycles. The van der Waals surface area contributed by atoms with Gasteiger partial charge in [-0.15, -0.1) is 0 Å². The summed E-state index contributed by atoms with van der Waals surface area (Å²) in [5, 5.41) is 12.5. The highest BCUT2D eigenvalue weighted by Gasteiger charge is 2.42. The van der Waals surface area contributed by atoms with E-state index in [1.807, 2.05) is 49.0 Å². The first-order valence-electron chi connectivity index (χ1n) is 17.5. The number of carbonyl (C=O) groups is 3. The molecule has 0 bridgehead atoms. The Kier molecular flexibility index (Phi) is 18.8. The Balaban J connectivity index is 1.05. The van der Waals surface area contributed by atoms with Crippen LogP contribution in [-0.4, -0.2) is 66.8 Å². The lowest BCUT2D eigenvalue weighted by Crippen LogP contribution is -2.36. The predicted octanol–water partition coefficient (Wildman–Crippen LogP) is 6.68. The van der Waals surface area contributed by atoms with Gasteiger partial charge in [-0.25, -0.2) is 4.79 Å². The number of benzene rings is 1. The lowest BCUT2D eigenvalue weighted by molar-refractivity contribution is -0.121. The Morgan fingerprint density at radius 2 is 1.43 bits per heavy atom. The maximum absolute atomic E-state index is 13.0. The van der Waals surface area contributed by atoms with E-state index < -0.39 is 7.60 Å². The average molecular weight is 681 g/mol. The van der Waals surface area contributed by atoms with Gasteiger partial charge in [0, 0.05) is 36.9 Å². The standard InChI is InChI=1S/C34H57N4O6PS/c1-2-43-45(42,44-26-28-18-10-8-11-19-28)25-17-7-5-3-4-6-12-21-31(39)35-23-15-9-16-24-36-32(40)22-14-13-20-30-33-29(27-46-30)37-34(41)38-33/h8,10-11,18-19,29-30,33H,2-7,9,12-17,20-27H2,1H3,(H,35,39)(H,36,40)(H2,37,38,41)/t29-,30+,33+,45-/m1/s1. The second-order valence-electron chi connectivity index (χ2n) is 12.4. The summed E-state index contributed by atoms with van der Waals surface area (Å²) in [6.07, 6.45) is 14.3. The fourth-order valence-electron chi connectivity index (χ4n) is 5.92. The minimum Gasteiger partial charge on any atom is -0.356 e. The molecule has 2 aliphatic rings. The van der Waals surface area contributed by atoms with E-state index in [2.05, 4.69) is 21.3 Å². The Hall–Kier alpha value is -2.07. The van der Waals surface area contributed by atoms with Crippen LogP contribution in [0.5, 0.6) is 0 Å². The lowest BCUT2D eigenvalue weighted by atomic mass is 10.0. The summed E-state index contributed by atoms with van der Waals surface area (Å²) in [6.45, 7) is 3.89. The molecule has 46 heavy (non-hydrogen) atoms. The van der Waals surface area contributed by atoms with Gasteiger partial charge in [-0.2, -0.15) is 11.8 Å². The van der Waals surface area contributed by atoms with Crippen LogP contribution in [-0.2, 0) is 29.8 Å². The van der Waals surface area contributed by atoms with Crippen molar-refractivity contribution in [2.75, 3.05) is 31.6 Å². The lowest BCUT2D eigenvalue weighted by Gasteiger charge is -2.18. The number of nitrogens with one attached hydrogen (secondary N) is 4. The zero-order chi connectivity index (χ0) is 32.9. The van der Waals surface area contributed by atoms with Crippen LogP contribution in [0.1, 0.15) is 109 Å². The molecule has 0 saturated carbocycles. The van der Waals surface area contributed by atoms with Gasteiger partial charge < -0.3 is 30.3 Å². The van der Waals surface area contributed by atoms with Gasteiger partial charge in [0.15, 0.2) is 0 Å². The molecule has 4 amide bonds. The Bertz CT molecular complexity index is 1080. The third-order valence-electron chi connectivity index (χ3n) is 8.51. The van der Waals surface area contributed by atoms with Crippen molar-refractivity contribution in [1.82, 2.24) is 21.3 Å². The molecule has 0 radical (unpaired) electrons. The zero-order valence-corrected chi connectivity index (χ0v) is 29.5. The number of hydrogen-bond acceptors (Lipinski definition) is 7. The van der Waals surface area contributed by atoms with Gasteiger partial charge in [-0.3, -0.25) is 14.2 Å². The normalized spacial score (nSPS) is 20.0. The highest BCUT2D eigenvalue weighted by Crippen LogP contribution is 2.49. The van der Waals surface area contributed by atoms with E-state index in [0.717, 1.165) is 94.8 Å². The molecule has 2 fully saturated rings. The minimum absolute atomic E-state index is 0.0523. The molecule has 0 aliphatic carbocycles. The van der Waals surface area contributed by atoms with Gasteiger partial charge in [0.25, 0.3) is 0 Å². The van der Waals surface area contributed by atoms with E-state index in [1.54, 1.807) is 0 Å². The predicted molar refractivity (Wildman–Crippen MR) is 186 cm³/mol. The van der Waals surface area contributed by atoms with Crippen molar-refractivity contribution >= 4 is 37.2 Å². The van der Waals surface area contributed by atoms with E-state index >= 15 is 0 Å². The highest BCUT2D eigenvalue weighted by atomic mass is 32.2. The van der Waals surface area contributed by atoms with Crippen molar-refractivity contribution in [1.29, 1.82) is 0 Å². The smallest absolute Gasteiger partial charge is 0.330 e. The van der Waals surface area contributed by atoms with Gasteiger partial charge in [0.1, 0.15) is 0 Å². The van der Waals surface area contributed by atoms with Crippen molar-refractivity contribution in [2.45, 2.75) is 127 Å². The molecule has 3 rings (SSSR count). The molecular formula is C34H57N4O6PS. The fourth-order valence-corrected chi connectivity index (χ4v) is 9.14. The summed E-state index contributed by atoms with van der Waals surface area (Å²) in [4.78, 5) is 35.7. The van der Waals surface area contributed by atoms with E-state index in [9.17, 15) is 18.9 Å². The first-order valence-corrected chi connectivity index (χ1v) is 20.3. The van der Waals surface area contributed by atoms with E-state index in [1.165, 1.54) is 0 Å². The monoisotopic (exact) mass is 680 g/mol. The van der Waals surface area contributed by atoms with Crippen LogP contribution >= 0.6 is 19.4 Å². The molecule has 2 saturated heterocycles. The SMILES string of the molecule is CCO[P@](=O)(CCCCCCCCCC(=O)NCCCCCNC(=O)CCCC[C@@H]1SC[C@H]2NC(=O)N[C@H]12)OCc1ccccc1. The summed E-state index contributed by atoms with van der Waals surface area (Å²) in [5.41, 5.74) is 0.991. The molecule has 1 aromatic rings. The number of unbranched alkanes of at least 4 members (excludes halogenated alkanes) is 9. The summed E-state index contributed by atoms with van der Waals surface area (Å²) >= 11 is 1.91. The highest BCUT2D eigenvalue weighted by molar-refractivity contribution is 8.00. The molecule has 2 aliphatic heterocycles. The van der Waals surface area contributed by atoms with Crippen LogP contribution in [0.4, 0.5) is 4.79 Å². The molecule has 4 atom stereocenters. The van der Waals surface area contributed by atoms with Crippen molar-refractivity contribution in [2.24, 2.45) is 0 Å². The summed E-state index contributed by atoms with van der Waals surface area (Å²) in [7, 11) is -3.07. The number of thioether (sulfide) groups is 1. The third kappa shape index (κ3) is 15.7. The third-order valence-corrected chi connectivity index (χ3v) is 12.1. The maximum atomic E-state index is 13.0. The molecule has 0 aromatic heterocycles. The average Bonchev–Trinajstić information content (AvgIpc) is 3.60. The molecule has 0 unspecified atom stereocenters. The van der Waals surface area contributed by atoms with Crippen LogP contribution < -0.4 is 21.3 Å². The largest absolute Gasteiger partial charge is 0.356 e. The minimum atomic E-state index is -3.07. The maximum Gasteiger partial charge on any atom is 0.330 e. The van der Waals surface area contributed by atoms with Crippen LogP contribution in [0, 0.1) is 0 Å². The van der Waals surface area contributed by atoms with Crippen LogP contribution in [0.2, 0.25) is 0 Å². The Labute approximate surface area is 280 Å². The first kappa shape index (κ1) is 38.4. The van der Waals surface area contributed by atoms with Crippen molar-refractivity contribution in [3.05, 3.63) is 35.9 Å². The summed E-state index contributed by atoms with van der Waals surface area (Å²) in [5.74, 6) is 1.20. The number of fused-ring (bicyclic) bond motifs is 1. The van der Waals surface area contributed by atoms with Crippen LogP contribution in [0.15, 0.2) is 30.3 Å². The molecule has 4 N–H and O–H groups in total. The second kappa shape index (κ2) is 22.5. The van der Waals surface area contributed by atoms with E-state index in [4.69, 9.17) is 9.05 Å². The van der Waals surface area contributed by atoms with Crippen molar-refractivity contribution < 1.29 is 28.0 Å². The second-order valence-corrected chi connectivity index (χ2v) is 15.8. The topological polar surface area (TPSA) is 135 Å². The quantitative estimate of drug-likeness (QED) is 0.0487. The molecule has 260 valence electrons. The molecule has 10 nitrogen and oxygen atoms in total. The number of carbonyl (C=O) groups excluding carboxylic acids is 3. The van der Waals surface area contributed by atoms with Gasteiger partial charge >= 0.3 is 13.6 Å². The number of urea groups is 1. The zero-order valence-electron chi connectivity index (χ0n) is 27.8. The molecule has 1 aromatic carbocycles. The summed E-state index contributed by atoms with van der Waals surface area (Å²) < 4.78 is 24.2. The fraction of sp³-hybridized carbons (Fsp3) is 0.735. The van der Waals surface area contributed by atoms with E-state index in [0.29, 0.717) is 50.6 Å². The Morgan fingerprint density at radius 3 is 2.11 bits per heavy atom. The summed E-state index contributed by atoms with van der Waals surface area (Å²) in [6, 6.07) is 10.2. The van der Waals surface area contributed by atoms with Crippen LogP contribution in [0.3, 0.4) is 0 Å². The number of hydrogen-bond donors (Lipinski definition) is 4. The first-order chi connectivity index (χ1) is 22.4. The van der Waals surface area contributed by atoms with Crippen LogP contribution in [0.25, 0.3) is 0 Å². The van der Waals surface area contributed by atoms with Gasteiger partial charge in [-0.05, 0) is 57.4 Å². The van der Waals surface area contributed by atoms with Crippen molar-refractivity contribution in [3.63, 3.8) is 0 Å². The van der Waals surface area contributed by atoms with E-state index in [-0.39, 0.29) is 29.9 Å². The molecule has 12 heteroatoms. The Morgan fingerprint density at radius 1 is 0.826 bits per heavy atom. The number of rotatable bonds is 26. The molecular weight excluding hydrogens is 623 g/mol. The van der Waals surface area contributed by atoms with Gasteiger partial charge in [-0.1, -0.05) is 68.9 Å². The van der Waals surface area contributed by atoms with Gasteiger partial charge in [0.05, 0.1) is 31.5 Å². The number of amides is 4. The molecule has 0 spiro atoms. The van der Waals surface area contributed by atoms with Gasteiger partial charge in [0.2, 0.25) is 11.8 Å². The van der Waals surface area contributed by atoms with Crippen molar-refractivity contribution in [3.8, 4) is 0 Å².